The number of amides is 2. The zero-order chi connectivity index (χ0) is 16.9. The highest BCUT2D eigenvalue weighted by Gasteiger charge is 2.06. The van der Waals surface area contributed by atoms with Gasteiger partial charge in [0, 0.05) is 31.1 Å². The lowest BCUT2D eigenvalue weighted by atomic mass is 10.2. The van der Waals surface area contributed by atoms with Crippen molar-refractivity contribution in [2.24, 2.45) is 0 Å². The molecule has 0 bridgehead atoms. The summed E-state index contributed by atoms with van der Waals surface area (Å²) in [4.78, 5) is 31.3. The van der Waals surface area contributed by atoms with E-state index in [2.05, 4.69) is 20.6 Å². The fourth-order valence-corrected chi connectivity index (χ4v) is 2.99. The van der Waals surface area contributed by atoms with Crippen molar-refractivity contribution in [3.8, 4) is 0 Å². The van der Waals surface area contributed by atoms with Crippen molar-refractivity contribution in [3.05, 3.63) is 54.4 Å². The van der Waals surface area contributed by atoms with Gasteiger partial charge in [-0.05, 0) is 35.9 Å². The van der Waals surface area contributed by atoms with Crippen LogP contribution in [0.15, 0.2) is 48.8 Å². The number of hydrogen-bond donors (Lipinski definition) is 2. The fourth-order valence-electron chi connectivity index (χ4n) is 2.04. The number of hydrogen-bond acceptors (Lipinski definition) is 5. The Morgan fingerprint density at radius 2 is 2.08 bits per heavy atom. The second kappa shape index (κ2) is 7.01. The van der Waals surface area contributed by atoms with Gasteiger partial charge in [-0.3, -0.25) is 14.6 Å². The molecule has 0 aliphatic carbocycles. The highest BCUT2D eigenvalue weighted by atomic mass is 32.1. The smallest absolute Gasteiger partial charge is 0.248 e. The molecule has 0 aliphatic heterocycles. The van der Waals surface area contributed by atoms with Crippen LogP contribution in [0.4, 0.5) is 10.8 Å². The van der Waals surface area contributed by atoms with Gasteiger partial charge in [-0.15, -0.1) is 0 Å². The first kappa shape index (κ1) is 15.8. The van der Waals surface area contributed by atoms with E-state index < -0.39 is 0 Å². The molecular formula is C17H14N4O2S. The number of carbonyl (C=O) groups excluding carboxylic acids is 2. The Kier molecular flexibility index (Phi) is 4.62. The SMILES string of the molecule is CC(=O)Nc1nc2ccc(NC(=O)/C=C\c3cccnc3)cc2s1. The molecule has 1 aromatic carbocycles. The van der Waals surface area contributed by atoms with Crippen LogP contribution in [0.5, 0.6) is 0 Å². The highest BCUT2D eigenvalue weighted by molar-refractivity contribution is 7.22. The van der Waals surface area contributed by atoms with E-state index in [0.29, 0.717) is 10.8 Å². The van der Waals surface area contributed by atoms with Crippen LogP contribution in [0, 0.1) is 0 Å². The van der Waals surface area contributed by atoms with Gasteiger partial charge in [0.1, 0.15) is 0 Å². The molecule has 0 saturated heterocycles. The number of fused-ring (bicyclic) bond motifs is 1. The first-order valence-electron chi connectivity index (χ1n) is 7.17. The summed E-state index contributed by atoms with van der Waals surface area (Å²) in [6.07, 6.45) is 6.51. The van der Waals surface area contributed by atoms with Gasteiger partial charge < -0.3 is 10.6 Å². The van der Waals surface area contributed by atoms with Gasteiger partial charge in [0.2, 0.25) is 11.8 Å². The largest absolute Gasteiger partial charge is 0.322 e. The zero-order valence-corrected chi connectivity index (χ0v) is 13.6. The summed E-state index contributed by atoms with van der Waals surface area (Å²) in [5, 5.41) is 6.00. The molecule has 2 heterocycles. The molecule has 0 fully saturated rings. The van der Waals surface area contributed by atoms with Crippen LogP contribution in [-0.2, 0) is 9.59 Å². The van der Waals surface area contributed by atoms with Crippen LogP contribution < -0.4 is 10.6 Å². The molecule has 7 heteroatoms. The second-order valence-corrected chi connectivity index (χ2v) is 6.02. The minimum absolute atomic E-state index is 0.164. The summed E-state index contributed by atoms with van der Waals surface area (Å²) in [5.41, 5.74) is 2.29. The van der Waals surface area contributed by atoms with E-state index in [1.807, 2.05) is 18.2 Å². The standard InChI is InChI=1S/C17H14N4O2S/c1-11(22)19-17-21-14-6-5-13(9-15(14)24-17)20-16(23)7-4-12-3-2-8-18-10-12/h2-10H,1H3,(H,20,23)(H,19,21,22)/b7-4-. The quantitative estimate of drug-likeness (QED) is 0.715. The lowest BCUT2D eigenvalue weighted by molar-refractivity contribution is -0.114. The molecule has 2 amide bonds. The first-order chi connectivity index (χ1) is 11.6. The van der Waals surface area contributed by atoms with Crippen LogP contribution in [0.1, 0.15) is 12.5 Å². The van der Waals surface area contributed by atoms with Gasteiger partial charge >= 0.3 is 0 Å². The molecule has 0 atom stereocenters. The number of anilines is 2. The Morgan fingerprint density at radius 1 is 1.21 bits per heavy atom. The van der Waals surface area contributed by atoms with Crippen molar-refractivity contribution in [2.45, 2.75) is 6.92 Å². The summed E-state index contributed by atoms with van der Waals surface area (Å²) in [6, 6.07) is 9.08. The Hall–Kier alpha value is -3.06. The molecule has 2 N–H and O–H groups in total. The van der Waals surface area contributed by atoms with Crippen molar-refractivity contribution < 1.29 is 9.59 Å². The minimum atomic E-state index is -0.232. The lowest BCUT2D eigenvalue weighted by Gasteiger charge is -2.01. The van der Waals surface area contributed by atoms with E-state index in [1.54, 1.807) is 30.6 Å². The van der Waals surface area contributed by atoms with Gasteiger partial charge in [0.05, 0.1) is 10.2 Å². The number of rotatable bonds is 4. The molecule has 0 saturated carbocycles. The third kappa shape index (κ3) is 4.02. The molecule has 0 unspecified atom stereocenters. The predicted octanol–water partition coefficient (Wildman–Crippen LogP) is 3.30. The van der Waals surface area contributed by atoms with Gasteiger partial charge in [0.25, 0.3) is 0 Å². The number of thiazole rings is 1. The van der Waals surface area contributed by atoms with Gasteiger partial charge in [0.15, 0.2) is 5.13 Å². The third-order valence-corrected chi connectivity index (χ3v) is 3.98. The van der Waals surface area contributed by atoms with E-state index in [4.69, 9.17) is 0 Å². The monoisotopic (exact) mass is 338 g/mol. The average molecular weight is 338 g/mol. The summed E-state index contributed by atoms with van der Waals surface area (Å²) in [5.74, 6) is -0.395. The van der Waals surface area contributed by atoms with Crippen molar-refractivity contribution in [3.63, 3.8) is 0 Å². The summed E-state index contributed by atoms with van der Waals surface area (Å²) in [6.45, 7) is 1.44. The summed E-state index contributed by atoms with van der Waals surface area (Å²) in [7, 11) is 0. The van der Waals surface area contributed by atoms with E-state index in [-0.39, 0.29) is 11.8 Å². The van der Waals surface area contributed by atoms with E-state index in [0.717, 1.165) is 15.8 Å². The van der Waals surface area contributed by atoms with E-state index in [9.17, 15) is 9.59 Å². The van der Waals surface area contributed by atoms with Crippen molar-refractivity contribution in [2.75, 3.05) is 10.6 Å². The topological polar surface area (TPSA) is 84.0 Å². The number of carbonyl (C=O) groups is 2. The molecule has 24 heavy (non-hydrogen) atoms. The molecule has 0 spiro atoms. The Balaban J connectivity index is 1.71. The van der Waals surface area contributed by atoms with Crippen LogP contribution >= 0.6 is 11.3 Å². The molecule has 3 rings (SSSR count). The molecule has 3 aromatic rings. The van der Waals surface area contributed by atoms with Crippen LogP contribution in [0.3, 0.4) is 0 Å². The van der Waals surface area contributed by atoms with Crippen LogP contribution in [-0.4, -0.2) is 21.8 Å². The number of nitrogens with zero attached hydrogens (tertiary/aromatic N) is 2. The first-order valence-corrected chi connectivity index (χ1v) is 7.99. The molecule has 6 nitrogen and oxygen atoms in total. The maximum absolute atomic E-state index is 12.0. The van der Waals surface area contributed by atoms with Crippen molar-refractivity contribution in [1.82, 2.24) is 9.97 Å². The normalized spacial score (nSPS) is 10.9. The molecule has 0 radical (unpaired) electrons. The number of pyridine rings is 1. The number of nitrogens with one attached hydrogen (secondary N) is 2. The van der Waals surface area contributed by atoms with Crippen molar-refractivity contribution in [1.29, 1.82) is 0 Å². The molecular weight excluding hydrogens is 324 g/mol. The van der Waals surface area contributed by atoms with Gasteiger partial charge in [-0.2, -0.15) is 0 Å². The third-order valence-electron chi connectivity index (χ3n) is 3.05. The Morgan fingerprint density at radius 3 is 2.83 bits per heavy atom. The molecule has 0 aliphatic rings. The maximum atomic E-state index is 12.0. The zero-order valence-electron chi connectivity index (χ0n) is 12.8. The van der Waals surface area contributed by atoms with E-state index >= 15 is 0 Å². The van der Waals surface area contributed by atoms with Gasteiger partial charge in [-0.1, -0.05) is 17.4 Å². The summed E-state index contributed by atoms with van der Waals surface area (Å²) >= 11 is 1.36. The summed E-state index contributed by atoms with van der Waals surface area (Å²) < 4.78 is 0.882. The number of aromatic nitrogens is 2. The Labute approximate surface area is 142 Å². The Bertz CT molecular complexity index is 919. The lowest BCUT2D eigenvalue weighted by Crippen LogP contribution is -2.07. The molecule has 120 valence electrons. The maximum Gasteiger partial charge on any atom is 0.248 e. The predicted molar refractivity (Wildman–Crippen MR) is 95.8 cm³/mol. The van der Waals surface area contributed by atoms with Gasteiger partial charge in [-0.25, -0.2) is 4.98 Å². The fraction of sp³-hybridized carbons (Fsp3) is 0.0588. The molecule has 2 aromatic heterocycles. The number of benzene rings is 1. The highest BCUT2D eigenvalue weighted by Crippen LogP contribution is 2.28. The van der Waals surface area contributed by atoms with E-state index in [1.165, 1.54) is 24.3 Å². The average Bonchev–Trinajstić information content (AvgIpc) is 2.94. The van der Waals surface area contributed by atoms with Crippen LogP contribution in [0.2, 0.25) is 0 Å². The van der Waals surface area contributed by atoms with Crippen molar-refractivity contribution >= 4 is 50.3 Å². The second-order valence-electron chi connectivity index (χ2n) is 4.99. The van der Waals surface area contributed by atoms with Crippen LogP contribution in [0.25, 0.3) is 16.3 Å². The minimum Gasteiger partial charge on any atom is -0.322 e.